The van der Waals surface area contributed by atoms with Crippen LogP contribution in [-0.2, 0) is 9.53 Å². The van der Waals surface area contributed by atoms with Crippen LogP contribution in [0.1, 0.15) is 12.8 Å². The lowest BCUT2D eigenvalue weighted by atomic mass is 10.0. The number of nitrogens with zero attached hydrogens (tertiary/aromatic N) is 1. The quantitative estimate of drug-likeness (QED) is 0.502. The fourth-order valence-corrected chi connectivity index (χ4v) is 1.02. The highest BCUT2D eigenvalue weighted by Crippen LogP contribution is 2.12. The maximum atomic E-state index is 10.9. The van der Waals surface area contributed by atoms with Crippen molar-refractivity contribution in [3.8, 4) is 0 Å². The summed E-state index contributed by atoms with van der Waals surface area (Å²) in [6.45, 7) is 0.764. The van der Waals surface area contributed by atoms with Gasteiger partial charge in [-0.25, -0.2) is 0 Å². The molecule has 1 aliphatic rings. The molecule has 3 heteroatoms. The molecule has 0 bridgehead atoms. The van der Waals surface area contributed by atoms with Crippen molar-refractivity contribution in [2.75, 3.05) is 13.7 Å². The molecule has 0 fully saturated rings. The van der Waals surface area contributed by atoms with E-state index in [-0.39, 0.29) is 11.9 Å². The largest absolute Gasteiger partial charge is 0.469 e. The fourth-order valence-electron chi connectivity index (χ4n) is 1.02. The number of carbonyl (C=O) groups is 1. The van der Waals surface area contributed by atoms with Gasteiger partial charge in [0.2, 0.25) is 0 Å². The highest BCUT2D eigenvalue weighted by molar-refractivity contribution is 5.77. The Labute approximate surface area is 60.1 Å². The number of hydrogen-bond acceptors (Lipinski definition) is 3. The van der Waals surface area contributed by atoms with Crippen LogP contribution in [0.15, 0.2) is 4.99 Å². The van der Waals surface area contributed by atoms with Gasteiger partial charge in [-0.3, -0.25) is 9.79 Å². The molecule has 1 rings (SSSR count). The smallest absolute Gasteiger partial charge is 0.309 e. The summed E-state index contributed by atoms with van der Waals surface area (Å²) in [5.41, 5.74) is 0. The summed E-state index contributed by atoms with van der Waals surface area (Å²) in [7, 11) is 1.42. The van der Waals surface area contributed by atoms with E-state index in [9.17, 15) is 4.79 Å². The van der Waals surface area contributed by atoms with Crippen molar-refractivity contribution in [1.82, 2.24) is 0 Å². The molecule has 0 aliphatic carbocycles. The highest BCUT2D eigenvalue weighted by atomic mass is 16.5. The Morgan fingerprint density at radius 2 is 2.60 bits per heavy atom. The van der Waals surface area contributed by atoms with Crippen molar-refractivity contribution >= 4 is 12.2 Å². The molecular weight excluding hydrogens is 130 g/mol. The van der Waals surface area contributed by atoms with E-state index in [0.717, 1.165) is 19.4 Å². The van der Waals surface area contributed by atoms with Crippen LogP contribution >= 0.6 is 0 Å². The molecule has 1 heterocycles. The first-order chi connectivity index (χ1) is 4.84. The van der Waals surface area contributed by atoms with Gasteiger partial charge in [-0.2, -0.15) is 0 Å². The zero-order valence-electron chi connectivity index (χ0n) is 6.04. The summed E-state index contributed by atoms with van der Waals surface area (Å²) in [6, 6.07) is 0. The number of hydrogen-bond donors (Lipinski definition) is 0. The van der Waals surface area contributed by atoms with E-state index in [0.29, 0.717) is 0 Å². The van der Waals surface area contributed by atoms with Crippen LogP contribution < -0.4 is 0 Å². The van der Waals surface area contributed by atoms with Gasteiger partial charge in [0.1, 0.15) is 0 Å². The van der Waals surface area contributed by atoms with Gasteiger partial charge < -0.3 is 4.74 Å². The monoisotopic (exact) mass is 141 g/mol. The Kier molecular flexibility index (Phi) is 2.42. The summed E-state index contributed by atoms with van der Waals surface area (Å²) in [6.07, 6.45) is 3.38. The molecule has 1 unspecified atom stereocenters. The van der Waals surface area contributed by atoms with E-state index < -0.39 is 0 Å². The number of carbonyl (C=O) groups excluding carboxylic acids is 1. The minimum absolute atomic E-state index is 0.0579. The lowest BCUT2D eigenvalue weighted by Gasteiger charge is -2.13. The van der Waals surface area contributed by atoms with Gasteiger partial charge in [0.15, 0.2) is 0 Å². The van der Waals surface area contributed by atoms with Crippen molar-refractivity contribution in [2.24, 2.45) is 10.9 Å². The minimum atomic E-state index is -0.105. The van der Waals surface area contributed by atoms with Crippen molar-refractivity contribution in [2.45, 2.75) is 12.8 Å². The third-order valence-electron chi connectivity index (χ3n) is 1.66. The van der Waals surface area contributed by atoms with Crippen LogP contribution in [0.5, 0.6) is 0 Å². The molecule has 0 aromatic heterocycles. The van der Waals surface area contributed by atoms with E-state index >= 15 is 0 Å². The number of ether oxygens (including phenoxy) is 1. The summed E-state index contributed by atoms with van der Waals surface area (Å²) < 4.78 is 4.59. The average molecular weight is 141 g/mol. The molecule has 0 amide bonds. The van der Waals surface area contributed by atoms with Gasteiger partial charge in [0.25, 0.3) is 0 Å². The number of esters is 1. The molecule has 0 saturated heterocycles. The molecule has 1 atom stereocenters. The molecular formula is C7H11NO2. The predicted octanol–water partition coefficient (Wildman–Crippen LogP) is 0.640. The highest BCUT2D eigenvalue weighted by Gasteiger charge is 2.19. The second-order valence-corrected chi connectivity index (χ2v) is 2.33. The molecule has 56 valence electrons. The first-order valence-corrected chi connectivity index (χ1v) is 3.40. The van der Waals surface area contributed by atoms with Gasteiger partial charge in [0, 0.05) is 6.54 Å². The molecule has 0 saturated carbocycles. The number of aliphatic imine (C=N–C) groups is 1. The van der Waals surface area contributed by atoms with Gasteiger partial charge in [-0.15, -0.1) is 0 Å². The Morgan fingerprint density at radius 1 is 1.80 bits per heavy atom. The lowest BCUT2D eigenvalue weighted by molar-refractivity contribution is -0.145. The second kappa shape index (κ2) is 3.34. The Balaban J connectivity index is 2.41. The van der Waals surface area contributed by atoms with Crippen molar-refractivity contribution in [1.29, 1.82) is 0 Å². The fraction of sp³-hybridized carbons (Fsp3) is 0.714. The third kappa shape index (κ3) is 1.56. The lowest BCUT2D eigenvalue weighted by Crippen LogP contribution is -2.20. The van der Waals surface area contributed by atoms with Crippen LogP contribution in [0.3, 0.4) is 0 Å². The van der Waals surface area contributed by atoms with E-state index in [1.54, 1.807) is 6.21 Å². The average Bonchev–Trinajstić information content (AvgIpc) is 2.05. The summed E-state index contributed by atoms with van der Waals surface area (Å²) in [5.74, 6) is -0.0475. The Hall–Kier alpha value is -0.860. The van der Waals surface area contributed by atoms with E-state index in [2.05, 4.69) is 9.73 Å². The van der Waals surface area contributed by atoms with Crippen LogP contribution in [-0.4, -0.2) is 25.8 Å². The number of methoxy groups -OCH3 is 1. The van der Waals surface area contributed by atoms with E-state index in [1.807, 2.05) is 0 Å². The summed E-state index contributed by atoms with van der Waals surface area (Å²) >= 11 is 0. The first-order valence-electron chi connectivity index (χ1n) is 3.40. The molecule has 0 spiro atoms. The molecule has 3 nitrogen and oxygen atoms in total. The molecule has 1 aliphatic heterocycles. The van der Waals surface area contributed by atoms with Gasteiger partial charge >= 0.3 is 5.97 Å². The van der Waals surface area contributed by atoms with Crippen LogP contribution in [0.25, 0.3) is 0 Å². The Morgan fingerprint density at radius 3 is 3.10 bits per heavy atom. The molecule has 0 N–H and O–H groups in total. The Bertz CT molecular complexity index is 154. The maximum Gasteiger partial charge on any atom is 0.309 e. The number of rotatable bonds is 1. The topological polar surface area (TPSA) is 38.7 Å². The van der Waals surface area contributed by atoms with Crippen LogP contribution in [0.2, 0.25) is 0 Å². The summed E-state index contributed by atoms with van der Waals surface area (Å²) in [5, 5.41) is 0. The first kappa shape index (κ1) is 7.25. The van der Waals surface area contributed by atoms with Crippen molar-refractivity contribution in [3.05, 3.63) is 0 Å². The SMILES string of the molecule is COC(=O)C1CC=NCC1. The van der Waals surface area contributed by atoms with Gasteiger partial charge in [0.05, 0.1) is 13.0 Å². The molecule has 0 aromatic rings. The molecule has 0 aromatic carbocycles. The van der Waals surface area contributed by atoms with E-state index in [1.165, 1.54) is 7.11 Å². The maximum absolute atomic E-state index is 10.9. The standard InChI is InChI=1S/C7H11NO2/c1-10-7(9)6-2-4-8-5-3-6/h4,6H,2-3,5H2,1H3. The van der Waals surface area contributed by atoms with E-state index in [4.69, 9.17) is 0 Å². The van der Waals surface area contributed by atoms with Crippen LogP contribution in [0.4, 0.5) is 0 Å². The minimum Gasteiger partial charge on any atom is -0.469 e. The van der Waals surface area contributed by atoms with Crippen LogP contribution in [0, 0.1) is 5.92 Å². The second-order valence-electron chi connectivity index (χ2n) is 2.33. The predicted molar refractivity (Wildman–Crippen MR) is 38.1 cm³/mol. The third-order valence-corrected chi connectivity index (χ3v) is 1.66. The van der Waals surface area contributed by atoms with Crippen molar-refractivity contribution < 1.29 is 9.53 Å². The van der Waals surface area contributed by atoms with Gasteiger partial charge in [-0.1, -0.05) is 0 Å². The zero-order chi connectivity index (χ0) is 7.40. The normalized spacial score (nSPS) is 24.3. The molecule has 10 heavy (non-hydrogen) atoms. The van der Waals surface area contributed by atoms with Crippen molar-refractivity contribution in [3.63, 3.8) is 0 Å². The zero-order valence-corrected chi connectivity index (χ0v) is 6.04. The molecule has 0 radical (unpaired) electrons. The van der Waals surface area contributed by atoms with Gasteiger partial charge in [-0.05, 0) is 19.1 Å². The summed E-state index contributed by atoms with van der Waals surface area (Å²) in [4.78, 5) is 14.9.